The van der Waals surface area contributed by atoms with E-state index in [4.69, 9.17) is 9.47 Å². The average Bonchev–Trinajstić information content (AvgIpc) is 2.80. The molecule has 0 aliphatic carbocycles. The van der Waals surface area contributed by atoms with Crippen LogP contribution in [0.3, 0.4) is 0 Å². The molecule has 4 heteroatoms. The molecule has 0 radical (unpaired) electrons. The van der Waals surface area contributed by atoms with Crippen LogP contribution < -0.4 is 9.47 Å². The van der Waals surface area contributed by atoms with E-state index in [1.54, 1.807) is 0 Å². The molecule has 0 aliphatic heterocycles. The zero-order valence-electron chi connectivity index (χ0n) is 19.9. The fourth-order valence-electron chi connectivity index (χ4n) is 3.75. The van der Waals surface area contributed by atoms with Gasteiger partial charge in [0.2, 0.25) is 0 Å². The fourth-order valence-corrected chi connectivity index (χ4v) is 4.67. The van der Waals surface area contributed by atoms with Gasteiger partial charge in [0.15, 0.2) is 0 Å². The summed E-state index contributed by atoms with van der Waals surface area (Å²) >= 11 is 7.44. The topological polar surface area (TPSA) is 18.5 Å². The Morgan fingerprint density at radius 3 is 1.31 bits per heavy atom. The highest BCUT2D eigenvalue weighted by Gasteiger charge is 2.11. The van der Waals surface area contributed by atoms with Gasteiger partial charge in [-0.25, -0.2) is 0 Å². The van der Waals surface area contributed by atoms with E-state index in [2.05, 4.69) is 70.0 Å². The molecule has 2 rings (SSSR count). The monoisotopic (exact) mass is 566 g/mol. The van der Waals surface area contributed by atoms with Gasteiger partial charge in [0.25, 0.3) is 0 Å². The van der Waals surface area contributed by atoms with Crippen molar-refractivity contribution >= 4 is 31.9 Å². The van der Waals surface area contributed by atoms with Gasteiger partial charge in [-0.3, -0.25) is 0 Å². The zero-order chi connectivity index (χ0) is 23.0. The first-order valence-electron chi connectivity index (χ1n) is 12.5. The van der Waals surface area contributed by atoms with Gasteiger partial charge < -0.3 is 9.47 Å². The summed E-state index contributed by atoms with van der Waals surface area (Å²) in [7, 11) is 0. The Balaban J connectivity index is 1.90. The molecule has 2 aromatic rings. The number of hydrogen-bond donors (Lipinski definition) is 0. The SMILES string of the molecule is CCCCCCCCOc1ccc(Br)c(-c2cc(OCCCCCCCC)ccc2Br)c1. The number of unbranched alkanes of at least 4 members (excludes halogenated alkanes) is 10. The third-order valence-corrected chi connectivity index (χ3v) is 7.08. The normalized spacial score (nSPS) is 11.0. The first-order valence-corrected chi connectivity index (χ1v) is 14.1. The van der Waals surface area contributed by atoms with E-state index in [0.29, 0.717) is 0 Å². The lowest BCUT2D eigenvalue weighted by Crippen LogP contribution is -1.99. The Bertz CT molecular complexity index is 711. The molecule has 0 heterocycles. The molecule has 2 aromatic carbocycles. The summed E-state index contributed by atoms with van der Waals surface area (Å²) in [6.45, 7) is 6.06. The summed E-state index contributed by atoms with van der Waals surface area (Å²) in [5.74, 6) is 1.84. The van der Waals surface area contributed by atoms with Gasteiger partial charge in [-0.15, -0.1) is 0 Å². The van der Waals surface area contributed by atoms with E-state index in [0.717, 1.165) is 57.6 Å². The second-order valence-electron chi connectivity index (χ2n) is 8.52. The van der Waals surface area contributed by atoms with Gasteiger partial charge in [0.1, 0.15) is 11.5 Å². The van der Waals surface area contributed by atoms with E-state index in [-0.39, 0.29) is 0 Å². The van der Waals surface area contributed by atoms with Crippen molar-refractivity contribution in [2.75, 3.05) is 13.2 Å². The number of halogens is 2. The van der Waals surface area contributed by atoms with Gasteiger partial charge in [-0.05, 0) is 49.2 Å². The van der Waals surface area contributed by atoms with E-state index in [1.165, 1.54) is 64.2 Å². The highest BCUT2D eigenvalue weighted by atomic mass is 79.9. The van der Waals surface area contributed by atoms with Crippen LogP contribution in [0.2, 0.25) is 0 Å². The number of benzene rings is 2. The Kier molecular flexibility index (Phi) is 14.1. The molecule has 0 aromatic heterocycles. The lowest BCUT2D eigenvalue weighted by atomic mass is 10.1. The molecule has 178 valence electrons. The summed E-state index contributed by atoms with van der Waals surface area (Å²) in [5, 5.41) is 0. The van der Waals surface area contributed by atoms with E-state index < -0.39 is 0 Å². The minimum Gasteiger partial charge on any atom is -0.494 e. The van der Waals surface area contributed by atoms with Crippen molar-refractivity contribution in [3.8, 4) is 22.6 Å². The second kappa shape index (κ2) is 16.6. The predicted octanol–water partition coefficient (Wildman–Crippen LogP) is 10.4. The molecule has 32 heavy (non-hydrogen) atoms. The first kappa shape index (κ1) is 27.2. The van der Waals surface area contributed by atoms with Crippen molar-refractivity contribution in [1.82, 2.24) is 0 Å². The lowest BCUT2D eigenvalue weighted by molar-refractivity contribution is 0.304. The Morgan fingerprint density at radius 1 is 0.531 bits per heavy atom. The molecule has 0 N–H and O–H groups in total. The van der Waals surface area contributed by atoms with Crippen LogP contribution in [0.5, 0.6) is 11.5 Å². The maximum Gasteiger partial charge on any atom is 0.119 e. The number of rotatable bonds is 17. The van der Waals surface area contributed by atoms with Crippen molar-refractivity contribution in [2.24, 2.45) is 0 Å². The first-order chi connectivity index (χ1) is 15.7. The fraction of sp³-hybridized carbons (Fsp3) is 0.571. The van der Waals surface area contributed by atoms with Crippen LogP contribution >= 0.6 is 31.9 Å². The molecule has 0 unspecified atom stereocenters. The average molecular weight is 568 g/mol. The zero-order valence-corrected chi connectivity index (χ0v) is 23.1. The van der Waals surface area contributed by atoms with Gasteiger partial charge in [-0.1, -0.05) is 110 Å². The Morgan fingerprint density at radius 2 is 0.906 bits per heavy atom. The van der Waals surface area contributed by atoms with E-state index in [1.807, 2.05) is 12.1 Å². The van der Waals surface area contributed by atoms with Crippen LogP contribution in [0.25, 0.3) is 11.1 Å². The summed E-state index contributed by atoms with van der Waals surface area (Å²) in [5.41, 5.74) is 2.23. The molecular weight excluding hydrogens is 528 g/mol. The van der Waals surface area contributed by atoms with Crippen LogP contribution in [-0.2, 0) is 0 Å². The van der Waals surface area contributed by atoms with Crippen LogP contribution in [0.1, 0.15) is 90.9 Å². The molecule has 0 fully saturated rings. The summed E-state index contributed by atoms with van der Waals surface area (Å²) in [4.78, 5) is 0. The van der Waals surface area contributed by atoms with Crippen LogP contribution in [0, 0.1) is 0 Å². The van der Waals surface area contributed by atoms with E-state index >= 15 is 0 Å². The van der Waals surface area contributed by atoms with Gasteiger partial charge in [0.05, 0.1) is 13.2 Å². The van der Waals surface area contributed by atoms with Crippen LogP contribution in [0.4, 0.5) is 0 Å². The molecular formula is C28H40Br2O2. The maximum atomic E-state index is 6.05. The maximum absolute atomic E-state index is 6.05. The van der Waals surface area contributed by atoms with Crippen molar-refractivity contribution in [3.05, 3.63) is 45.3 Å². The smallest absolute Gasteiger partial charge is 0.119 e. The molecule has 2 nitrogen and oxygen atoms in total. The molecule has 0 saturated carbocycles. The largest absolute Gasteiger partial charge is 0.494 e. The highest BCUT2D eigenvalue weighted by molar-refractivity contribution is 9.11. The summed E-state index contributed by atoms with van der Waals surface area (Å²) < 4.78 is 14.2. The van der Waals surface area contributed by atoms with Gasteiger partial charge in [-0.2, -0.15) is 0 Å². The quantitative estimate of drug-likeness (QED) is 0.177. The molecule has 0 amide bonds. The predicted molar refractivity (Wildman–Crippen MR) is 145 cm³/mol. The molecule has 0 atom stereocenters. The molecule has 0 bridgehead atoms. The molecule has 0 saturated heterocycles. The Hall–Kier alpha value is -1.00. The third-order valence-electron chi connectivity index (χ3n) is 5.70. The van der Waals surface area contributed by atoms with E-state index in [9.17, 15) is 0 Å². The highest BCUT2D eigenvalue weighted by Crippen LogP contribution is 2.38. The minimum atomic E-state index is 0.774. The van der Waals surface area contributed by atoms with Crippen molar-refractivity contribution in [3.63, 3.8) is 0 Å². The van der Waals surface area contributed by atoms with Crippen molar-refractivity contribution < 1.29 is 9.47 Å². The molecule has 0 spiro atoms. The number of hydrogen-bond acceptors (Lipinski definition) is 2. The second-order valence-corrected chi connectivity index (χ2v) is 10.2. The summed E-state index contributed by atoms with van der Waals surface area (Å²) in [6.07, 6.45) is 15.3. The van der Waals surface area contributed by atoms with Crippen LogP contribution in [-0.4, -0.2) is 13.2 Å². The van der Waals surface area contributed by atoms with Gasteiger partial charge in [0, 0.05) is 20.1 Å². The lowest BCUT2D eigenvalue weighted by Gasteiger charge is -2.13. The van der Waals surface area contributed by atoms with Crippen LogP contribution in [0.15, 0.2) is 45.3 Å². The number of ether oxygens (including phenoxy) is 2. The van der Waals surface area contributed by atoms with Crippen molar-refractivity contribution in [2.45, 2.75) is 90.9 Å². The summed E-state index contributed by atoms with van der Waals surface area (Å²) in [6, 6.07) is 12.5. The minimum absolute atomic E-state index is 0.774. The molecule has 0 aliphatic rings. The van der Waals surface area contributed by atoms with Gasteiger partial charge >= 0.3 is 0 Å². The third kappa shape index (κ3) is 10.3. The Labute approximate surface area is 212 Å². The standard InChI is InChI=1S/C28H40Br2O2/c1-3-5-7-9-11-13-19-31-23-15-17-27(29)25(21-23)26-22-24(16-18-28(26)30)32-20-14-12-10-8-6-4-2/h15-18,21-22H,3-14,19-20H2,1-2H3. The van der Waals surface area contributed by atoms with Crippen molar-refractivity contribution in [1.29, 1.82) is 0 Å².